The monoisotopic (exact) mass is 339 g/mol. The van der Waals surface area contributed by atoms with E-state index < -0.39 is 5.82 Å². The number of carbonyl (C=O) groups excluding carboxylic acids is 1. The summed E-state index contributed by atoms with van der Waals surface area (Å²) in [5.41, 5.74) is 6.51. The lowest BCUT2D eigenvalue weighted by Gasteiger charge is -2.13. The summed E-state index contributed by atoms with van der Waals surface area (Å²) < 4.78 is 16.2. The molecule has 0 unspecified atom stereocenters. The summed E-state index contributed by atoms with van der Waals surface area (Å²) in [5.74, 6) is -0.900. The van der Waals surface area contributed by atoms with Crippen LogP contribution in [0.1, 0.15) is 30.4 Å². The van der Waals surface area contributed by atoms with Gasteiger partial charge in [-0.1, -0.05) is 0 Å². The van der Waals surface area contributed by atoms with Crippen molar-refractivity contribution in [3.05, 3.63) is 46.4 Å². The van der Waals surface area contributed by atoms with Gasteiger partial charge in [-0.05, 0) is 54.0 Å². The van der Waals surface area contributed by atoms with Gasteiger partial charge in [-0.2, -0.15) is 0 Å². The van der Waals surface area contributed by atoms with Gasteiger partial charge in [0.1, 0.15) is 11.5 Å². The summed E-state index contributed by atoms with van der Waals surface area (Å²) in [6.07, 6.45) is 1.81. The number of halogens is 2. The van der Waals surface area contributed by atoms with E-state index in [0.29, 0.717) is 11.4 Å². The number of hydrogen-bond acceptors (Lipinski definition) is 2. The first-order chi connectivity index (χ1) is 9.38. The Hall–Kier alpha value is -1.82. The van der Waals surface area contributed by atoms with Crippen LogP contribution in [0.15, 0.2) is 34.9 Å². The Balaban J connectivity index is 2.31. The molecule has 0 saturated heterocycles. The van der Waals surface area contributed by atoms with Crippen LogP contribution in [0.3, 0.4) is 0 Å². The average molecular weight is 340 g/mol. The Morgan fingerprint density at radius 3 is 2.75 bits per heavy atom. The number of nitrogens with two attached hydrogens (primary N) is 1. The predicted molar refractivity (Wildman–Crippen MR) is 81.3 cm³/mol. The predicted octanol–water partition coefficient (Wildman–Crippen LogP) is 3.81. The highest BCUT2D eigenvalue weighted by atomic mass is 79.9. The number of aromatic nitrogens is 1. The Kier molecular flexibility index (Phi) is 4.13. The molecule has 0 radical (unpaired) electrons. The van der Waals surface area contributed by atoms with E-state index in [2.05, 4.69) is 21.2 Å². The van der Waals surface area contributed by atoms with Crippen molar-refractivity contribution in [2.24, 2.45) is 0 Å². The highest BCUT2D eigenvalue weighted by Gasteiger charge is 2.16. The van der Waals surface area contributed by atoms with Gasteiger partial charge in [0.15, 0.2) is 0 Å². The molecule has 2 rings (SSSR count). The molecule has 0 spiro atoms. The lowest BCUT2D eigenvalue weighted by Crippen LogP contribution is -2.18. The molecule has 0 atom stereocenters. The van der Waals surface area contributed by atoms with E-state index in [1.807, 2.05) is 24.6 Å². The van der Waals surface area contributed by atoms with Crippen molar-refractivity contribution >= 4 is 33.2 Å². The summed E-state index contributed by atoms with van der Waals surface area (Å²) in [6, 6.07) is 5.87. The molecule has 106 valence electrons. The molecule has 2 aromatic rings. The molecule has 20 heavy (non-hydrogen) atoms. The Bertz CT molecular complexity index is 652. The maximum absolute atomic E-state index is 13.6. The number of hydrogen-bond donors (Lipinski definition) is 2. The van der Waals surface area contributed by atoms with Crippen LogP contribution in [0.5, 0.6) is 0 Å². The second kappa shape index (κ2) is 5.66. The van der Waals surface area contributed by atoms with E-state index in [0.717, 1.165) is 4.47 Å². The van der Waals surface area contributed by atoms with Gasteiger partial charge in [0, 0.05) is 22.4 Å². The first-order valence-corrected chi connectivity index (χ1v) is 6.91. The van der Waals surface area contributed by atoms with Gasteiger partial charge in [-0.15, -0.1) is 0 Å². The topological polar surface area (TPSA) is 60.0 Å². The third-order valence-electron chi connectivity index (χ3n) is 2.84. The number of benzene rings is 1. The van der Waals surface area contributed by atoms with Gasteiger partial charge in [-0.3, -0.25) is 4.79 Å². The maximum Gasteiger partial charge on any atom is 0.272 e. The summed E-state index contributed by atoms with van der Waals surface area (Å²) >= 11 is 3.34. The quantitative estimate of drug-likeness (QED) is 0.835. The fourth-order valence-electron chi connectivity index (χ4n) is 1.88. The molecule has 4 nitrogen and oxygen atoms in total. The van der Waals surface area contributed by atoms with Crippen LogP contribution >= 0.6 is 15.9 Å². The second-order valence-electron chi connectivity index (χ2n) is 4.74. The minimum atomic E-state index is -0.519. The van der Waals surface area contributed by atoms with Crippen molar-refractivity contribution < 1.29 is 9.18 Å². The van der Waals surface area contributed by atoms with Crippen LogP contribution in [0, 0.1) is 5.82 Å². The van der Waals surface area contributed by atoms with Crippen LogP contribution < -0.4 is 11.1 Å². The molecule has 0 aliphatic carbocycles. The number of rotatable bonds is 3. The van der Waals surface area contributed by atoms with Crippen molar-refractivity contribution in [3.63, 3.8) is 0 Å². The van der Waals surface area contributed by atoms with E-state index in [1.54, 1.807) is 6.07 Å². The maximum atomic E-state index is 13.6. The molecular formula is C14H15BrFN3O. The van der Waals surface area contributed by atoms with Gasteiger partial charge in [0.05, 0.1) is 5.69 Å². The van der Waals surface area contributed by atoms with Crippen LogP contribution in [-0.2, 0) is 0 Å². The third-order valence-corrected chi connectivity index (χ3v) is 3.28. The summed E-state index contributed by atoms with van der Waals surface area (Å²) in [7, 11) is 0. The zero-order valence-corrected chi connectivity index (χ0v) is 12.7. The Labute approximate surface area is 124 Å². The molecular weight excluding hydrogens is 325 g/mol. The number of anilines is 2. The number of nitrogens with zero attached hydrogens (tertiary/aromatic N) is 1. The first kappa shape index (κ1) is 14.6. The van der Waals surface area contributed by atoms with E-state index >= 15 is 0 Å². The van der Waals surface area contributed by atoms with Crippen molar-refractivity contribution in [3.8, 4) is 0 Å². The van der Waals surface area contributed by atoms with Crippen molar-refractivity contribution in [1.29, 1.82) is 0 Å². The number of nitrogens with one attached hydrogen (secondary N) is 1. The van der Waals surface area contributed by atoms with Gasteiger partial charge >= 0.3 is 0 Å². The molecule has 0 saturated carbocycles. The smallest absolute Gasteiger partial charge is 0.272 e. The molecule has 0 bridgehead atoms. The summed E-state index contributed by atoms with van der Waals surface area (Å²) in [5, 5.41) is 2.54. The van der Waals surface area contributed by atoms with Crippen molar-refractivity contribution in [2.45, 2.75) is 19.9 Å². The number of carbonyl (C=O) groups is 1. The lowest BCUT2D eigenvalue weighted by molar-refractivity contribution is 0.101. The number of amides is 1. The zero-order valence-electron chi connectivity index (χ0n) is 11.2. The molecule has 0 aliphatic rings. The Morgan fingerprint density at radius 2 is 2.10 bits per heavy atom. The molecule has 1 heterocycles. The molecule has 6 heteroatoms. The average Bonchev–Trinajstić information content (AvgIpc) is 2.76. The van der Waals surface area contributed by atoms with E-state index in [1.165, 1.54) is 18.2 Å². The zero-order chi connectivity index (χ0) is 14.9. The van der Waals surface area contributed by atoms with Gasteiger partial charge in [-0.25, -0.2) is 4.39 Å². The first-order valence-electron chi connectivity index (χ1n) is 6.12. The summed E-state index contributed by atoms with van der Waals surface area (Å²) in [6.45, 7) is 3.93. The normalized spacial score (nSPS) is 10.8. The minimum absolute atomic E-state index is 0.0719. The summed E-state index contributed by atoms with van der Waals surface area (Å²) in [4.78, 5) is 12.3. The third kappa shape index (κ3) is 3.01. The molecule has 3 N–H and O–H groups in total. The fraction of sp³-hybridized carbons (Fsp3) is 0.214. The second-order valence-corrected chi connectivity index (χ2v) is 5.65. The fourth-order valence-corrected chi connectivity index (χ4v) is 2.32. The van der Waals surface area contributed by atoms with Gasteiger partial charge in [0.2, 0.25) is 0 Å². The molecule has 1 amide bonds. The minimum Gasteiger partial charge on any atom is -0.399 e. The van der Waals surface area contributed by atoms with E-state index in [-0.39, 0.29) is 17.6 Å². The van der Waals surface area contributed by atoms with E-state index in [4.69, 9.17) is 5.73 Å². The van der Waals surface area contributed by atoms with Crippen molar-refractivity contribution in [1.82, 2.24) is 4.57 Å². The molecule has 1 aromatic carbocycles. The highest BCUT2D eigenvalue weighted by molar-refractivity contribution is 9.10. The Morgan fingerprint density at radius 1 is 1.40 bits per heavy atom. The largest absolute Gasteiger partial charge is 0.399 e. The van der Waals surface area contributed by atoms with Crippen molar-refractivity contribution in [2.75, 3.05) is 11.1 Å². The molecule has 1 aromatic heterocycles. The molecule has 0 fully saturated rings. The van der Waals surface area contributed by atoms with Crippen LogP contribution in [0.4, 0.5) is 15.8 Å². The number of nitrogen functional groups attached to an aromatic ring is 1. The van der Waals surface area contributed by atoms with Gasteiger partial charge < -0.3 is 15.6 Å². The van der Waals surface area contributed by atoms with Gasteiger partial charge in [0.25, 0.3) is 5.91 Å². The van der Waals surface area contributed by atoms with Crippen LogP contribution in [-0.4, -0.2) is 10.5 Å². The van der Waals surface area contributed by atoms with Crippen LogP contribution in [0.2, 0.25) is 0 Å². The standard InChI is InChI=1S/C14H15BrFN3O/c1-8(2)19-7-9(15)5-13(19)14(20)18-12-6-10(17)3-4-11(12)16/h3-8H,17H2,1-2H3,(H,18,20). The SMILES string of the molecule is CC(C)n1cc(Br)cc1C(=O)Nc1cc(N)ccc1F. The molecule has 0 aliphatic heterocycles. The highest BCUT2D eigenvalue weighted by Crippen LogP contribution is 2.22. The van der Waals surface area contributed by atoms with E-state index in [9.17, 15) is 9.18 Å². The lowest BCUT2D eigenvalue weighted by atomic mass is 10.2. The van der Waals surface area contributed by atoms with Crippen LogP contribution in [0.25, 0.3) is 0 Å².